The van der Waals surface area contributed by atoms with Gasteiger partial charge in [-0.25, -0.2) is 4.79 Å². The monoisotopic (exact) mass is 413 g/mol. The molecule has 156 valence electrons. The summed E-state index contributed by atoms with van der Waals surface area (Å²) in [6, 6.07) is 25.4. The predicted molar refractivity (Wildman–Crippen MR) is 118 cm³/mol. The number of nitrogens with one attached hydrogen (secondary N) is 2. The maximum Gasteiger partial charge on any atom is 0.325 e. The van der Waals surface area contributed by atoms with E-state index < -0.39 is 23.4 Å². The molecule has 1 aliphatic rings. The zero-order valence-corrected chi connectivity index (χ0v) is 17.2. The number of anilines is 1. The maximum atomic E-state index is 13.5. The zero-order chi connectivity index (χ0) is 21.8. The van der Waals surface area contributed by atoms with Crippen molar-refractivity contribution in [2.45, 2.75) is 18.9 Å². The van der Waals surface area contributed by atoms with Gasteiger partial charge in [-0.2, -0.15) is 0 Å². The van der Waals surface area contributed by atoms with Crippen LogP contribution in [-0.4, -0.2) is 29.3 Å². The number of urea groups is 1. The number of carbonyl (C=O) groups is 3. The number of hydrogen-bond acceptors (Lipinski definition) is 3. The Kier molecular flexibility index (Phi) is 5.54. The molecule has 31 heavy (non-hydrogen) atoms. The third-order valence-electron chi connectivity index (χ3n) is 5.36. The fourth-order valence-electron chi connectivity index (χ4n) is 3.88. The van der Waals surface area contributed by atoms with Gasteiger partial charge in [-0.15, -0.1) is 0 Å². The number of hydrogen-bond donors (Lipinski definition) is 2. The summed E-state index contributed by atoms with van der Waals surface area (Å²) in [5.74, 6) is -0.871. The van der Waals surface area contributed by atoms with Crippen molar-refractivity contribution >= 4 is 23.5 Å². The number of amides is 4. The molecule has 1 atom stereocenters. The molecular weight excluding hydrogens is 390 g/mol. The van der Waals surface area contributed by atoms with Gasteiger partial charge >= 0.3 is 6.03 Å². The van der Waals surface area contributed by atoms with Crippen molar-refractivity contribution in [3.63, 3.8) is 0 Å². The number of aryl methyl sites for hydroxylation is 1. The third-order valence-corrected chi connectivity index (χ3v) is 5.36. The van der Waals surface area contributed by atoms with E-state index in [4.69, 9.17) is 0 Å². The molecule has 1 heterocycles. The van der Waals surface area contributed by atoms with Crippen molar-refractivity contribution in [3.05, 3.63) is 102 Å². The van der Waals surface area contributed by atoms with Gasteiger partial charge in [0.05, 0.1) is 0 Å². The number of rotatable bonds is 6. The Bertz CT molecular complexity index is 1120. The summed E-state index contributed by atoms with van der Waals surface area (Å²) in [5, 5.41) is 5.62. The van der Waals surface area contributed by atoms with Crippen LogP contribution in [0.15, 0.2) is 84.9 Å². The van der Waals surface area contributed by atoms with Crippen LogP contribution in [0.3, 0.4) is 0 Å². The zero-order valence-electron chi connectivity index (χ0n) is 17.2. The first kappa shape index (κ1) is 20.3. The van der Waals surface area contributed by atoms with Gasteiger partial charge < -0.3 is 10.6 Å². The second kappa shape index (κ2) is 8.44. The van der Waals surface area contributed by atoms with Crippen LogP contribution in [0.2, 0.25) is 0 Å². The smallest absolute Gasteiger partial charge is 0.325 e. The molecular formula is C25H23N3O3. The quantitative estimate of drug-likeness (QED) is 0.606. The highest BCUT2D eigenvalue weighted by atomic mass is 16.2. The lowest BCUT2D eigenvalue weighted by atomic mass is 9.83. The number of carbonyl (C=O) groups excluding carboxylic acids is 3. The number of imide groups is 1. The summed E-state index contributed by atoms with van der Waals surface area (Å²) in [4.78, 5) is 39.9. The molecule has 1 aliphatic heterocycles. The van der Waals surface area contributed by atoms with Crippen LogP contribution < -0.4 is 10.6 Å². The van der Waals surface area contributed by atoms with E-state index in [9.17, 15) is 14.4 Å². The molecule has 0 bridgehead atoms. The Morgan fingerprint density at radius 1 is 0.935 bits per heavy atom. The molecule has 0 aliphatic carbocycles. The first-order valence-corrected chi connectivity index (χ1v) is 10.1. The average Bonchev–Trinajstić information content (AvgIpc) is 3.00. The summed E-state index contributed by atoms with van der Waals surface area (Å²) >= 11 is 0. The normalized spacial score (nSPS) is 18.0. The highest BCUT2D eigenvalue weighted by Gasteiger charge is 2.52. The van der Waals surface area contributed by atoms with Gasteiger partial charge in [0.15, 0.2) is 5.54 Å². The highest BCUT2D eigenvalue weighted by molar-refractivity contribution is 6.10. The van der Waals surface area contributed by atoms with Gasteiger partial charge in [0.1, 0.15) is 6.54 Å². The molecule has 1 saturated heterocycles. The maximum absolute atomic E-state index is 13.5. The van der Waals surface area contributed by atoms with E-state index in [1.165, 1.54) is 0 Å². The number of nitrogens with zero attached hydrogens (tertiary/aromatic N) is 1. The van der Waals surface area contributed by atoms with Crippen molar-refractivity contribution in [2.24, 2.45) is 0 Å². The summed E-state index contributed by atoms with van der Waals surface area (Å²) in [6.45, 7) is 1.56. The summed E-state index contributed by atoms with van der Waals surface area (Å²) in [5.41, 5.74) is 1.95. The molecule has 0 unspecified atom stereocenters. The minimum absolute atomic E-state index is 0.290. The average molecular weight is 413 g/mol. The van der Waals surface area contributed by atoms with E-state index in [1.54, 1.807) is 6.07 Å². The van der Waals surface area contributed by atoms with E-state index in [2.05, 4.69) is 10.6 Å². The highest BCUT2D eigenvalue weighted by Crippen LogP contribution is 2.33. The standard InChI is InChI=1S/C25H23N3O3/c1-18-9-8-14-21(15-18)26-22(29)17-28-23(30)25(27-24(28)31,20-12-6-3-7-13-20)16-19-10-4-2-5-11-19/h2-15H,16-17H2,1H3,(H,26,29)(H,27,31)/t25-/m1/s1. The van der Waals surface area contributed by atoms with Crippen molar-refractivity contribution in [2.75, 3.05) is 11.9 Å². The Morgan fingerprint density at radius 3 is 2.29 bits per heavy atom. The van der Waals surface area contributed by atoms with Crippen molar-refractivity contribution in [1.29, 1.82) is 0 Å². The number of benzene rings is 3. The first-order valence-electron chi connectivity index (χ1n) is 10.1. The van der Waals surface area contributed by atoms with Crippen LogP contribution in [0.25, 0.3) is 0 Å². The summed E-state index contributed by atoms with van der Waals surface area (Å²) in [6.07, 6.45) is 0.290. The lowest BCUT2D eigenvalue weighted by Crippen LogP contribution is -2.46. The topological polar surface area (TPSA) is 78.5 Å². The Labute approximate surface area is 180 Å². The molecule has 0 saturated carbocycles. The molecule has 0 aromatic heterocycles. The molecule has 6 nitrogen and oxygen atoms in total. The van der Waals surface area contributed by atoms with E-state index in [-0.39, 0.29) is 6.54 Å². The second-order valence-electron chi connectivity index (χ2n) is 7.67. The second-order valence-corrected chi connectivity index (χ2v) is 7.67. The fraction of sp³-hybridized carbons (Fsp3) is 0.160. The van der Waals surface area contributed by atoms with E-state index >= 15 is 0 Å². The predicted octanol–water partition coefficient (Wildman–Crippen LogP) is 3.62. The largest absolute Gasteiger partial charge is 0.325 e. The summed E-state index contributed by atoms with van der Waals surface area (Å²) in [7, 11) is 0. The van der Waals surface area contributed by atoms with Crippen LogP contribution >= 0.6 is 0 Å². The van der Waals surface area contributed by atoms with E-state index in [0.29, 0.717) is 17.7 Å². The van der Waals surface area contributed by atoms with E-state index in [0.717, 1.165) is 16.0 Å². The van der Waals surface area contributed by atoms with Crippen LogP contribution in [-0.2, 0) is 21.5 Å². The molecule has 1 fully saturated rings. The lowest BCUT2D eigenvalue weighted by Gasteiger charge is -2.27. The first-order chi connectivity index (χ1) is 15.0. The van der Waals surface area contributed by atoms with E-state index in [1.807, 2.05) is 85.8 Å². The van der Waals surface area contributed by atoms with Crippen LogP contribution in [0.4, 0.5) is 10.5 Å². The minimum atomic E-state index is -1.26. The fourth-order valence-corrected chi connectivity index (χ4v) is 3.88. The van der Waals surface area contributed by atoms with Crippen molar-refractivity contribution < 1.29 is 14.4 Å². The van der Waals surface area contributed by atoms with Crippen LogP contribution in [0.1, 0.15) is 16.7 Å². The van der Waals surface area contributed by atoms with Gasteiger partial charge in [-0.1, -0.05) is 72.8 Å². The molecule has 3 aromatic rings. The molecule has 0 spiro atoms. The van der Waals surface area contributed by atoms with Crippen molar-refractivity contribution in [3.8, 4) is 0 Å². The Hall–Kier alpha value is -3.93. The van der Waals surface area contributed by atoms with Gasteiger partial charge in [0.2, 0.25) is 5.91 Å². The Balaban J connectivity index is 1.60. The summed E-state index contributed by atoms with van der Waals surface area (Å²) < 4.78 is 0. The minimum Gasteiger partial charge on any atom is -0.325 e. The van der Waals surface area contributed by atoms with Gasteiger partial charge in [-0.05, 0) is 35.7 Å². The Morgan fingerprint density at radius 2 is 1.61 bits per heavy atom. The lowest BCUT2D eigenvalue weighted by molar-refractivity contribution is -0.134. The molecule has 4 amide bonds. The van der Waals surface area contributed by atoms with Crippen molar-refractivity contribution in [1.82, 2.24) is 10.2 Å². The van der Waals surface area contributed by atoms with Gasteiger partial charge in [-0.3, -0.25) is 14.5 Å². The SMILES string of the molecule is Cc1cccc(NC(=O)CN2C(=O)N[C@](Cc3ccccc3)(c3ccccc3)C2=O)c1. The van der Waals surface area contributed by atoms with Gasteiger partial charge in [0.25, 0.3) is 5.91 Å². The molecule has 2 N–H and O–H groups in total. The third kappa shape index (κ3) is 4.19. The molecule has 4 rings (SSSR count). The van der Waals surface area contributed by atoms with Crippen LogP contribution in [0.5, 0.6) is 0 Å². The van der Waals surface area contributed by atoms with Crippen LogP contribution in [0, 0.1) is 6.92 Å². The molecule has 6 heteroatoms. The molecule has 0 radical (unpaired) electrons. The van der Waals surface area contributed by atoms with Gasteiger partial charge in [0, 0.05) is 12.1 Å². The molecule has 3 aromatic carbocycles.